The van der Waals surface area contributed by atoms with Crippen molar-refractivity contribution in [3.05, 3.63) is 11.6 Å². The third-order valence-corrected chi connectivity index (χ3v) is 4.58. The summed E-state index contributed by atoms with van der Waals surface area (Å²) in [5.74, 6) is 0.793. The lowest BCUT2D eigenvalue weighted by Crippen LogP contribution is -2.44. The van der Waals surface area contributed by atoms with Crippen LogP contribution in [0.3, 0.4) is 0 Å². The lowest BCUT2D eigenvalue weighted by molar-refractivity contribution is -0.125. The van der Waals surface area contributed by atoms with Gasteiger partial charge in [-0.2, -0.15) is 9.97 Å². The molecule has 0 bridgehead atoms. The molecular formula is C16H24ClN7O. The number of imidazole rings is 1. The van der Waals surface area contributed by atoms with Crippen LogP contribution in [0.1, 0.15) is 19.3 Å². The monoisotopic (exact) mass is 365 g/mol. The maximum absolute atomic E-state index is 12.5. The fourth-order valence-corrected chi connectivity index (χ4v) is 3.32. The Bertz CT molecular complexity index is 732. The molecule has 1 atom stereocenters. The van der Waals surface area contributed by atoms with Gasteiger partial charge >= 0.3 is 0 Å². The van der Waals surface area contributed by atoms with Crippen molar-refractivity contribution in [2.24, 2.45) is 5.92 Å². The zero-order valence-corrected chi connectivity index (χ0v) is 15.4. The standard InChI is InChI=1S/C16H24ClN7O/c1-23(2)7-4-6-18-15(25)11-5-3-8-24(9-11)14-12-13(20-10-19-12)21-16(17)22-14/h10-11H,3-9H2,1-2H3,(H,18,25)(H,19,20,21,22). The first-order valence-electron chi connectivity index (χ1n) is 8.58. The molecule has 9 heteroatoms. The van der Waals surface area contributed by atoms with Crippen molar-refractivity contribution in [3.63, 3.8) is 0 Å². The van der Waals surface area contributed by atoms with Crippen molar-refractivity contribution in [1.29, 1.82) is 0 Å². The van der Waals surface area contributed by atoms with Gasteiger partial charge in [0.1, 0.15) is 5.52 Å². The summed E-state index contributed by atoms with van der Waals surface area (Å²) in [6.45, 7) is 3.14. The Morgan fingerprint density at radius 3 is 3.12 bits per heavy atom. The number of H-pyrrole nitrogens is 1. The number of nitrogens with one attached hydrogen (secondary N) is 2. The zero-order valence-electron chi connectivity index (χ0n) is 14.6. The summed E-state index contributed by atoms with van der Waals surface area (Å²) in [5.41, 5.74) is 1.31. The van der Waals surface area contributed by atoms with E-state index in [0.29, 0.717) is 18.7 Å². The van der Waals surface area contributed by atoms with E-state index < -0.39 is 0 Å². The summed E-state index contributed by atoms with van der Waals surface area (Å²) in [6, 6.07) is 0. The first-order chi connectivity index (χ1) is 12.0. The van der Waals surface area contributed by atoms with Gasteiger partial charge in [-0.3, -0.25) is 4.79 Å². The predicted molar refractivity (Wildman–Crippen MR) is 97.8 cm³/mol. The molecule has 2 N–H and O–H groups in total. The Morgan fingerprint density at radius 2 is 2.32 bits per heavy atom. The van der Waals surface area contributed by atoms with Crippen molar-refractivity contribution in [1.82, 2.24) is 30.2 Å². The highest BCUT2D eigenvalue weighted by Crippen LogP contribution is 2.27. The molecular weight excluding hydrogens is 342 g/mol. The fourth-order valence-electron chi connectivity index (χ4n) is 3.16. The molecule has 3 rings (SSSR count). The van der Waals surface area contributed by atoms with Crippen LogP contribution in [0.2, 0.25) is 5.28 Å². The smallest absolute Gasteiger partial charge is 0.226 e. The molecule has 1 saturated heterocycles. The van der Waals surface area contributed by atoms with Crippen molar-refractivity contribution in [2.45, 2.75) is 19.3 Å². The molecule has 0 spiro atoms. The van der Waals surface area contributed by atoms with Gasteiger partial charge in [0.25, 0.3) is 0 Å². The van der Waals surface area contributed by atoms with Gasteiger partial charge in [0, 0.05) is 19.6 Å². The highest BCUT2D eigenvalue weighted by atomic mass is 35.5. The zero-order chi connectivity index (χ0) is 17.8. The van der Waals surface area contributed by atoms with Gasteiger partial charge in [0.05, 0.1) is 12.2 Å². The van der Waals surface area contributed by atoms with E-state index in [-0.39, 0.29) is 17.1 Å². The topological polar surface area (TPSA) is 90.0 Å². The summed E-state index contributed by atoms with van der Waals surface area (Å²) in [5, 5.41) is 3.22. The van der Waals surface area contributed by atoms with Gasteiger partial charge in [-0.1, -0.05) is 0 Å². The van der Waals surface area contributed by atoms with E-state index in [9.17, 15) is 4.79 Å². The second-order valence-electron chi connectivity index (χ2n) is 6.65. The van der Waals surface area contributed by atoms with Crippen LogP contribution in [0.5, 0.6) is 0 Å². The van der Waals surface area contributed by atoms with Crippen molar-refractivity contribution in [3.8, 4) is 0 Å². The number of rotatable bonds is 6. The number of fused-ring (bicyclic) bond motifs is 1. The largest absolute Gasteiger partial charge is 0.356 e. The molecule has 1 unspecified atom stereocenters. The van der Waals surface area contributed by atoms with E-state index >= 15 is 0 Å². The van der Waals surface area contributed by atoms with Gasteiger partial charge in [-0.25, -0.2) is 4.98 Å². The number of hydrogen-bond donors (Lipinski definition) is 2. The summed E-state index contributed by atoms with van der Waals surface area (Å²) >= 11 is 6.02. The number of halogens is 1. The van der Waals surface area contributed by atoms with Gasteiger partial charge in [-0.05, 0) is 51.5 Å². The number of aromatic amines is 1. The van der Waals surface area contributed by atoms with Gasteiger partial charge in [-0.15, -0.1) is 0 Å². The predicted octanol–water partition coefficient (Wildman–Crippen LogP) is 1.29. The summed E-state index contributed by atoms with van der Waals surface area (Å²) < 4.78 is 0. The second kappa shape index (κ2) is 7.97. The first-order valence-corrected chi connectivity index (χ1v) is 8.96. The third kappa shape index (κ3) is 4.38. The number of hydrogen-bond acceptors (Lipinski definition) is 6. The van der Waals surface area contributed by atoms with Crippen LogP contribution in [0.4, 0.5) is 5.82 Å². The van der Waals surface area contributed by atoms with E-state index in [1.807, 2.05) is 14.1 Å². The summed E-state index contributed by atoms with van der Waals surface area (Å²) in [7, 11) is 4.06. The van der Waals surface area contributed by atoms with E-state index in [0.717, 1.165) is 43.7 Å². The average molecular weight is 366 g/mol. The number of anilines is 1. The minimum Gasteiger partial charge on any atom is -0.356 e. The molecule has 1 amide bonds. The summed E-state index contributed by atoms with van der Waals surface area (Å²) in [4.78, 5) is 32.4. The molecule has 0 aliphatic carbocycles. The molecule has 0 radical (unpaired) electrons. The summed E-state index contributed by atoms with van der Waals surface area (Å²) in [6.07, 6.45) is 4.36. The Labute approximate surface area is 152 Å². The van der Waals surface area contributed by atoms with E-state index in [4.69, 9.17) is 11.6 Å². The second-order valence-corrected chi connectivity index (χ2v) is 6.99. The van der Waals surface area contributed by atoms with Gasteiger partial charge in [0.2, 0.25) is 11.2 Å². The van der Waals surface area contributed by atoms with Crippen LogP contribution < -0.4 is 10.2 Å². The molecule has 1 aliphatic heterocycles. The van der Waals surface area contributed by atoms with Gasteiger partial charge in [0.15, 0.2) is 11.5 Å². The molecule has 0 aromatic carbocycles. The molecule has 25 heavy (non-hydrogen) atoms. The molecule has 2 aromatic heterocycles. The Kier molecular flexibility index (Phi) is 5.70. The van der Waals surface area contributed by atoms with E-state index in [1.54, 1.807) is 6.33 Å². The lowest BCUT2D eigenvalue weighted by atomic mass is 9.97. The lowest BCUT2D eigenvalue weighted by Gasteiger charge is -2.33. The number of aromatic nitrogens is 4. The molecule has 2 aromatic rings. The minimum atomic E-state index is -0.0418. The Hall–Kier alpha value is -1.93. The van der Waals surface area contributed by atoms with Crippen molar-refractivity contribution in [2.75, 3.05) is 45.2 Å². The van der Waals surface area contributed by atoms with E-state index in [2.05, 4.69) is 35.1 Å². The fraction of sp³-hybridized carbons (Fsp3) is 0.625. The number of nitrogens with zero attached hydrogens (tertiary/aromatic N) is 5. The molecule has 0 saturated carbocycles. The van der Waals surface area contributed by atoms with Crippen LogP contribution in [-0.2, 0) is 4.79 Å². The molecule has 1 fully saturated rings. The van der Waals surface area contributed by atoms with Crippen LogP contribution in [0, 0.1) is 5.92 Å². The van der Waals surface area contributed by atoms with Gasteiger partial charge < -0.3 is 20.1 Å². The van der Waals surface area contributed by atoms with Crippen LogP contribution >= 0.6 is 11.6 Å². The van der Waals surface area contributed by atoms with E-state index in [1.165, 1.54) is 0 Å². The number of amides is 1. The molecule has 3 heterocycles. The van der Waals surface area contributed by atoms with Crippen molar-refractivity contribution < 1.29 is 4.79 Å². The Morgan fingerprint density at radius 1 is 1.48 bits per heavy atom. The average Bonchev–Trinajstić information content (AvgIpc) is 3.06. The minimum absolute atomic E-state index is 0.0418. The van der Waals surface area contributed by atoms with Crippen LogP contribution in [0.25, 0.3) is 11.2 Å². The molecule has 8 nitrogen and oxygen atoms in total. The maximum atomic E-state index is 12.5. The first kappa shape index (κ1) is 17.9. The van der Waals surface area contributed by atoms with Crippen molar-refractivity contribution >= 4 is 34.5 Å². The van der Waals surface area contributed by atoms with Crippen LogP contribution in [-0.4, -0.2) is 71.0 Å². The number of piperidine rings is 1. The third-order valence-electron chi connectivity index (χ3n) is 4.41. The number of carbonyl (C=O) groups is 1. The normalized spacial score (nSPS) is 18.1. The highest BCUT2D eigenvalue weighted by molar-refractivity contribution is 6.28. The highest BCUT2D eigenvalue weighted by Gasteiger charge is 2.28. The SMILES string of the molecule is CN(C)CCCNC(=O)C1CCCN(c2nc(Cl)nc3nc[nH]c23)C1. The molecule has 136 valence electrons. The quantitative estimate of drug-likeness (QED) is 0.592. The maximum Gasteiger partial charge on any atom is 0.226 e. The molecule has 1 aliphatic rings. The Balaban J connectivity index is 1.64. The number of carbonyl (C=O) groups excluding carboxylic acids is 1. The van der Waals surface area contributed by atoms with Crippen LogP contribution in [0.15, 0.2) is 6.33 Å².